The lowest BCUT2D eigenvalue weighted by Crippen LogP contribution is -2.30. The number of cyclic esters (lactones) is 1. The number of esters is 1. The number of hydrogen-bond acceptors (Lipinski definition) is 2. The van der Waals surface area contributed by atoms with Gasteiger partial charge < -0.3 is 4.74 Å². The maximum atomic E-state index is 12.3. The molecule has 0 N–H and O–H groups in total. The molecule has 108 valence electrons. The number of hydrogen-bond donors (Lipinski definition) is 0. The van der Waals surface area contributed by atoms with Crippen LogP contribution in [0.15, 0.2) is 72.5 Å². The second-order valence-electron chi connectivity index (χ2n) is 5.34. The average molecular weight is 288 g/mol. The fraction of sp³-hybridized carbons (Fsp3) is 0.150. The Labute approximate surface area is 130 Å². The van der Waals surface area contributed by atoms with Gasteiger partial charge in [0.2, 0.25) is 0 Å². The van der Waals surface area contributed by atoms with Gasteiger partial charge in [-0.2, -0.15) is 0 Å². The summed E-state index contributed by atoms with van der Waals surface area (Å²) in [6.45, 7) is 0. The van der Waals surface area contributed by atoms with E-state index in [9.17, 15) is 4.79 Å². The zero-order valence-corrected chi connectivity index (χ0v) is 12.1. The second kappa shape index (κ2) is 6.32. The maximum absolute atomic E-state index is 12.3. The van der Waals surface area contributed by atoms with Gasteiger partial charge in [0.25, 0.3) is 0 Å². The van der Waals surface area contributed by atoms with Gasteiger partial charge in [0, 0.05) is 11.5 Å². The lowest BCUT2D eigenvalue weighted by atomic mass is 9.77. The predicted molar refractivity (Wildman–Crippen MR) is 85.8 cm³/mol. The van der Waals surface area contributed by atoms with Crippen molar-refractivity contribution >= 4 is 5.97 Å². The summed E-state index contributed by atoms with van der Waals surface area (Å²) in [7, 11) is 0. The topological polar surface area (TPSA) is 26.3 Å². The van der Waals surface area contributed by atoms with Gasteiger partial charge in [-0.05, 0) is 17.5 Å². The predicted octanol–water partition coefficient (Wildman–Crippen LogP) is 3.70. The first kappa shape index (κ1) is 14.2. The van der Waals surface area contributed by atoms with E-state index in [0.717, 1.165) is 11.1 Å². The molecule has 0 amide bonds. The van der Waals surface area contributed by atoms with Crippen molar-refractivity contribution in [2.45, 2.75) is 12.3 Å². The number of rotatable bonds is 3. The molecule has 0 radical (unpaired) electrons. The van der Waals surface area contributed by atoms with Crippen LogP contribution in [0, 0.1) is 18.3 Å². The fourth-order valence-electron chi connectivity index (χ4n) is 2.90. The molecule has 0 saturated carbocycles. The van der Waals surface area contributed by atoms with E-state index in [1.54, 1.807) is 0 Å². The molecule has 2 heteroatoms. The summed E-state index contributed by atoms with van der Waals surface area (Å²) in [5, 5.41) is 0. The average Bonchev–Trinajstić information content (AvgIpc) is 2.58. The van der Waals surface area contributed by atoms with Crippen LogP contribution in [0.4, 0.5) is 0 Å². The third kappa shape index (κ3) is 2.80. The number of carbonyl (C=O) groups is 1. The first-order valence-corrected chi connectivity index (χ1v) is 7.25. The van der Waals surface area contributed by atoms with Gasteiger partial charge in [-0.15, -0.1) is 6.42 Å². The molecule has 2 aromatic carbocycles. The lowest BCUT2D eigenvalue weighted by Gasteiger charge is -2.29. The van der Waals surface area contributed by atoms with Crippen LogP contribution in [0.2, 0.25) is 0 Å². The zero-order valence-electron chi connectivity index (χ0n) is 12.1. The highest BCUT2D eigenvalue weighted by Gasteiger charge is 2.36. The van der Waals surface area contributed by atoms with Crippen LogP contribution in [0.5, 0.6) is 0 Å². The molecule has 0 spiro atoms. The summed E-state index contributed by atoms with van der Waals surface area (Å²) < 4.78 is 5.17. The summed E-state index contributed by atoms with van der Waals surface area (Å²) in [5.41, 5.74) is 2.86. The van der Waals surface area contributed by atoms with Gasteiger partial charge in [0.1, 0.15) is 6.26 Å². The highest BCUT2D eigenvalue weighted by atomic mass is 16.5. The first-order chi connectivity index (χ1) is 10.8. The Bertz CT molecular complexity index is 723. The van der Waals surface area contributed by atoms with E-state index in [4.69, 9.17) is 11.2 Å². The van der Waals surface area contributed by atoms with Crippen molar-refractivity contribution in [2.75, 3.05) is 0 Å². The van der Waals surface area contributed by atoms with Gasteiger partial charge in [0.15, 0.2) is 0 Å². The molecular weight excluding hydrogens is 272 g/mol. The van der Waals surface area contributed by atoms with Crippen LogP contribution in [-0.4, -0.2) is 5.97 Å². The molecule has 1 aliphatic heterocycles. The van der Waals surface area contributed by atoms with E-state index in [1.807, 2.05) is 60.7 Å². The minimum atomic E-state index is -0.305. The number of terminal acetylenes is 1. The Kier molecular flexibility index (Phi) is 4.07. The molecule has 0 unspecified atom stereocenters. The van der Waals surface area contributed by atoms with Crippen molar-refractivity contribution in [3.63, 3.8) is 0 Å². The van der Waals surface area contributed by atoms with Crippen LogP contribution in [0.25, 0.3) is 0 Å². The maximum Gasteiger partial charge on any atom is 0.315 e. The van der Waals surface area contributed by atoms with Gasteiger partial charge >= 0.3 is 5.97 Å². The van der Waals surface area contributed by atoms with E-state index in [2.05, 4.69) is 5.92 Å². The van der Waals surface area contributed by atoms with Crippen LogP contribution < -0.4 is 0 Å². The zero-order chi connectivity index (χ0) is 15.4. The fourth-order valence-corrected chi connectivity index (χ4v) is 2.90. The minimum absolute atomic E-state index is 0.132. The van der Waals surface area contributed by atoms with Gasteiger partial charge in [-0.3, -0.25) is 4.79 Å². The van der Waals surface area contributed by atoms with Crippen molar-refractivity contribution in [2.24, 2.45) is 5.92 Å². The molecule has 3 rings (SSSR count). The standard InChI is InChI=1S/C20H16O2/c1-2-16-14-22-20(21)18(13-15-9-5-3-6-10-15)19(16)17-11-7-4-8-12-17/h1,3-12,14,18-19H,13H2/t18-,19-/m0/s1. The summed E-state index contributed by atoms with van der Waals surface area (Å²) >= 11 is 0. The van der Waals surface area contributed by atoms with E-state index in [0.29, 0.717) is 12.0 Å². The molecule has 22 heavy (non-hydrogen) atoms. The molecule has 0 aliphatic carbocycles. The van der Waals surface area contributed by atoms with Crippen molar-refractivity contribution in [1.29, 1.82) is 0 Å². The van der Waals surface area contributed by atoms with Crippen molar-refractivity contribution in [3.8, 4) is 12.3 Å². The van der Waals surface area contributed by atoms with Gasteiger partial charge in [-0.25, -0.2) is 0 Å². The van der Waals surface area contributed by atoms with Crippen LogP contribution >= 0.6 is 0 Å². The Morgan fingerprint density at radius 2 is 1.64 bits per heavy atom. The molecule has 0 aromatic heterocycles. The third-order valence-electron chi connectivity index (χ3n) is 3.97. The van der Waals surface area contributed by atoms with Crippen molar-refractivity contribution < 1.29 is 9.53 Å². The summed E-state index contributed by atoms with van der Waals surface area (Å²) in [6, 6.07) is 19.8. The first-order valence-electron chi connectivity index (χ1n) is 7.25. The molecule has 2 atom stereocenters. The van der Waals surface area contributed by atoms with Crippen molar-refractivity contribution in [3.05, 3.63) is 83.6 Å². The summed E-state index contributed by atoms with van der Waals surface area (Å²) in [6.07, 6.45) is 7.65. The third-order valence-corrected chi connectivity index (χ3v) is 3.97. The summed E-state index contributed by atoms with van der Waals surface area (Å²) in [5.74, 6) is 2.01. The Morgan fingerprint density at radius 1 is 1.00 bits per heavy atom. The van der Waals surface area contributed by atoms with Gasteiger partial charge in [-0.1, -0.05) is 66.6 Å². The monoisotopic (exact) mass is 288 g/mol. The molecule has 1 heterocycles. The van der Waals surface area contributed by atoms with Crippen LogP contribution in [0.1, 0.15) is 17.0 Å². The highest BCUT2D eigenvalue weighted by molar-refractivity contribution is 5.78. The minimum Gasteiger partial charge on any atom is -0.433 e. The van der Waals surface area contributed by atoms with Crippen molar-refractivity contribution in [1.82, 2.24) is 0 Å². The normalized spacial score (nSPS) is 20.7. The second-order valence-corrected chi connectivity index (χ2v) is 5.34. The largest absolute Gasteiger partial charge is 0.433 e. The molecule has 2 aromatic rings. The molecule has 2 nitrogen and oxygen atoms in total. The lowest BCUT2D eigenvalue weighted by molar-refractivity contribution is -0.144. The molecular formula is C20H16O2. The molecule has 1 aliphatic rings. The summed E-state index contributed by atoms with van der Waals surface area (Å²) in [4.78, 5) is 12.3. The van der Waals surface area contributed by atoms with E-state index < -0.39 is 0 Å². The molecule has 0 fully saturated rings. The van der Waals surface area contributed by atoms with E-state index in [1.165, 1.54) is 6.26 Å². The van der Waals surface area contributed by atoms with E-state index >= 15 is 0 Å². The Hall–Kier alpha value is -2.79. The van der Waals surface area contributed by atoms with E-state index in [-0.39, 0.29) is 17.8 Å². The number of ether oxygens (including phenoxy) is 1. The smallest absolute Gasteiger partial charge is 0.315 e. The Morgan fingerprint density at radius 3 is 2.27 bits per heavy atom. The molecule has 0 saturated heterocycles. The molecule has 0 bridgehead atoms. The van der Waals surface area contributed by atoms with Crippen LogP contribution in [0.3, 0.4) is 0 Å². The van der Waals surface area contributed by atoms with Crippen LogP contribution in [-0.2, 0) is 16.0 Å². The number of benzene rings is 2. The Balaban J connectivity index is 1.99. The van der Waals surface area contributed by atoms with Gasteiger partial charge in [0.05, 0.1) is 5.92 Å². The SMILES string of the molecule is C#CC1=COC(=O)[C@@H](Cc2ccccc2)[C@@H]1c1ccccc1. The highest BCUT2D eigenvalue weighted by Crippen LogP contribution is 2.37. The quantitative estimate of drug-likeness (QED) is 0.636. The number of carbonyl (C=O) groups excluding carboxylic acids is 1. The number of allylic oxidation sites excluding steroid dienone is 1.